The van der Waals surface area contributed by atoms with Gasteiger partial charge in [-0.25, -0.2) is 14.8 Å². The predicted molar refractivity (Wildman–Crippen MR) is 146 cm³/mol. The lowest BCUT2D eigenvalue weighted by atomic mass is 9.92. The van der Waals surface area contributed by atoms with Crippen LogP contribution in [0.1, 0.15) is 62.9 Å². The highest BCUT2D eigenvalue weighted by Crippen LogP contribution is 2.35. The molecule has 1 fully saturated rings. The number of nitrogens with one attached hydrogen (secondary N) is 3. The Morgan fingerprint density at radius 3 is 2.55 bits per heavy atom. The Balaban J connectivity index is 1.50. The summed E-state index contributed by atoms with van der Waals surface area (Å²) in [7, 11) is 1.36. The maximum absolute atomic E-state index is 13.5. The first-order valence-corrected chi connectivity index (χ1v) is 13.4. The van der Waals surface area contributed by atoms with Crippen LogP contribution in [-0.2, 0) is 11.2 Å². The molecule has 1 aliphatic rings. The molecule has 4 N–H and O–H groups in total. The van der Waals surface area contributed by atoms with Crippen molar-refractivity contribution in [2.24, 2.45) is 0 Å². The monoisotopic (exact) mass is 566 g/mol. The minimum Gasteiger partial charge on any atom is -0.481 e. The van der Waals surface area contributed by atoms with Gasteiger partial charge in [0.25, 0.3) is 17.7 Å². The molecule has 40 heavy (non-hydrogen) atoms. The Labute approximate surface area is 234 Å². The fourth-order valence-corrected chi connectivity index (χ4v) is 5.49. The summed E-state index contributed by atoms with van der Waals surface area (Å²) in [5.41, 5.74) is 4.58. The van der Waals surface area contributed by atoms with Gasteiger partial charge in [-0.1, -0.05) is 30.3 Å². The summed E-state index contributed by atoms with van der Waals surface area (Å²) in [5, 5.41) is 14.3. The van der Waals surface area contributed by atoms with Gasteiger partial charge in [0.1, 0.15) is 16.2 Å². The summed E-state index contributed by atoms with van der Waals surface area (Å²) in [4.78, 5) is 61.3. The number of aromatic nitrogens is 2. The van der Waals surface area contributed by atoms with E-state index >= 15 is 0 Å². The number of carboxylic acid groups (broad SMARTS) is 1. The van der Waals surface area contributed by atoms with Gasteiger partial charge in [-0.15, -0.1) is 11.3 Å². The standard InChI is InChI=1S/C27H30N6O6S/c1-16-15-40-23(28-16)20-10-7-11-33(20)24(35)18-12-19(29-21(13-18)39-3)22(34)31-32-25(36)27(2,30-26(37)38)14-17-8-5-4-6-9-17/h4-6,8-9,12-13,15,20,30H,7,10-11,14H2,1-3H3,(H,31,34)(H,32,36)(H,37,38)/t20-,27-/m1/s1. The van der Waals surface area contributed by atoms with E-state index < -0.39 is 23.4 Å². The van der Waals surface area contributed by atoms with Gasteiger partial charge in [-0.2, -0.15) is 0 Å². The first-order chi connectivity index (χ1) is 19.1. The Kier molecular flexibility index (Phi) is 8.63. The van der Waals surface area contributed by atoms with Crippen LogP contribution in [0.5, 0.6) is 5.88 Å². The van der Waals surface area contributed by atoms with E-state index in [-0.39, 0.29) is 35.5 Å². The van der Waals surface area contributed by atoms with E-state index in [4.69, 9.17) is 4.74 Å². The summed E-state index contributed by atoms with van der Waals surface area (Å²) in [5.74, 6) is -1.85. The molecule has 4 rings (SSSR count). The second-order valence-electron chi connectivity index (χ2n) is 9.60. The predicted octanol–water partition coefficient (Wildman–Crippen LogP) is 2.86. The number of rotatable bonds is 8. The number of hydrogen-bond donors (Lipinski definition) is 4. The molecule has 0 unspecified atom stereocenters. The summed E-state index contributed by atoms with van der Waals surface area (Å²) in [6.07, 6.45) is 0.244. The van der Waals surface area contributed by atoms with Crippen LogP contribution in [0.2, 0.25) is 0 Å². The number of ether oxygens (including phenoxy) is 1. The molecule has 1 saturated heterocycles. The zero-order chi connectivity index (χ0) is 28.9. The minimum absolute atomic E-state index is 0.0352. The smallest absolute Gasteiger partial charge is 0.405 e. The topological polar surface area (TPSA) is 163 Å². The quantitative estimate of drug-likeness (QED) is 0.303. The third-order valence-electron chi connectivity index (χ3n) is 6.50. The summed E-state index contributed by atoms with van der Waals surface area (Å²) in [6, 6.07) is 11.5. The molecule has 0 aliphatic carbocycles. The van der Waals surface area contributed by atoms with Crippen LogP contribution in [0.25, 0.3) is 0 Å². The summed E-state index contributed by atoms with van der Waals surface area (Å²) < 4.78 is 5.23. The highest BCUT2D eigenvalue weighted by atomic mass is 32.1. The van der Waals surface area contributed by atoms with Crippen molar-refractivity contribution in [3.05, 3.63) is 75.4 Å². The second kappa shape index (κ2) is 12.1. The molecular weight excluding hydrogens is 536 g/mol. The van der Waals surface area contributed by atoms with Crippen molar-refractivity contribution < 1.29 is 29.0 Å². The molecular formula is C27H30N6O6S. The maximum atomic E-state index is 13.5. The van der Waals surface area contributed by atoms with Crippen LogP contribution in [0.15, 0.2) is 47.8 Å². The Morgan fingerprint density at radius 2 is 1.90 bits per heavy atom. The number of likely N-dealkylation sites (tertiary alicyclic amines) is 1. The zero-order valence-corrected chi connectivity index (χ0v) is 23.1. The molecule has 0 bridgehead atoms. The van der Waals surface area contributed by atoms with Crippen LogP contribution in [0.4, 0.5) is 4.79 Å². The molecule has 3 aromatic rings. The van der Waals surface area contributed by atoms with Crippen molar-refractivity contribution in [1.82, 2.24) is 31.0 Å². The number of thiazole rings is 1. The normalized spacial score (nSPS) is 16.1. The molecule has 2 atom stereocenters. The lowest BCUT2D eigenvalue weighted by Crippen LogP contribution is -2.61. The van der Waals surface area contributed by atoms with Gasteiger partial charge >= 0.3 is 6.09 Å². The van der Waals surface area contributed by atoms with Crippen molar-refractivity contribution >= 4 is 35.2 Å². The van der Waals surface area contributed by atoms with E-state index in [9.17, 15) is 24.3 Å². The molecule has 12 nitrogen and oxygen atoms in total. The SMILES string of the molecule is COc1cc(C(=O)N2CCC[C@@H]2c2nc(C)cs2)cc(C(=O)NNC(=O)[C@@](C)(Cc2ccccc2)NC(=O)O)n1. The fourth-order valence-electron chi connectivity index (χ4n) is 4.54. The van der Waals surface area contributed by atoms with Gasteiger partial charge in [-0.05, 0) is 38.3 Å². The van der Waals surface area contributed by atoms with Crippen LogP contribution < -0.4 is 20.9 Å². The van der Waals surface area contributed by atoms with E-state index in [2.05, 4.69) is 26.1 Å². The highest BCUT2D eigenvalue weighted by molar-refractivity contribution is 7.09. The van der Waals surface area contributed by atoms with E-state index in [1.54, 1.807) is 35.2 Å². The van der Waals surface area contributed by atoms with E-state index in [1.165, 1.54) is 37.5 Å². The van der Waals surface area contributed by atoms with Crippen molar-refractivity contribution in [3.63, 3.8) is 0 Å². The van der Waals surface area contributed by atoms with Gasteiger partial charge in [0.15, 0.2) is 0 Å². The Hall–Kier alpha value is -4.52. The number of amides is 4. The van der Waals surface area contributed by atoms with Crippen molar-refractivity contribution in [2.75, 3.05) is 13.7 Å². The van der Waals surface area contributed by atoms with Crippen LogP contribution in [0.3, 0.4) is 0 Å². The number of nitrogens with zero attached hydrogens (tertiary/aromatic N) is 3. The van der Waals surface area contributed by atoms with Gasteiger partial charge < -0.3 is 20.1 Å². The number of carbonyl (C=O) groups is 4. The molecule has 2 aromatic heterocycles. The zero-order valence-electron chi connectivity index (χ0n) is 22.3. The number of benzene rings is 1. The average molecular weight is 567 g/mol. The van der Waals surface area contributed by atoms with Crippen molar-refractivity contribution in [3.8, 4) is 5.88 Å². The maximum Gasteiger partial charge on any atom is 0.405 e. The molecule has 4 amide bonds. The third-order valence-corrected chi connectivity index (χ3v) is 7.56. The second-order valence-corrected chi connectivity index (χ2v) is 10.5. The number of carbonyl (C=O) groups excluding carboxylic acids is 3. The number of hydrazine groups is 1. The van der Waals surface area contributed by atoms with E-state index in [0.717, 1.165) is 23.5 Å². The number of pyridine rings is 1. The highest BCUT2D eigenvalue weighted by Gasteiger charge is 2.36. The van der Waals surface area contributed by atoms with Gasteiger partial charge in [0, 0.05) is 35.7 Å². The van der Waals surface area contributed by atoms with Gasteiger partial charge in [0.05, 0.1) is 13.2 Å². The van der Waals surface area contributed by atoms with E-state index in [1.807, 2.05) is 12.3 Å². The van der Waals surface area contributed by atoms with E-state index in [0.29, 0.717) is 12.1 Å². The van der Waals surface area contributed by atoms with Gasteiger partial charge in [-0.3, -0.25) is 25.2 Å². The molecule has 0 saturated carbocycles. The van der Waals surface area contributed by atoms with Crippen molar-refractivity contribution in [2.45, 2.75) is 44.7 Å². The lowest BCUT2D eigenvalue weighted by Gasteiger charge is -2.28. The summed E-state index contributed by atoms with van der Waals surface area (Å²) >= 11 is 1.51. The van der Waals surface area contributed by atoms with Crippen molar-refractivity contribution in [1.29, 1.82) is 0 Å². The number of methoxy groups -OCH3 is 1. The van der Waals surface area contributed by atoms with Crippen LogP contribution in [-0.4, -0.2) is 63.0 Å². The molecule has 3 heterocycles. The molecule has 0 spiro atoms. The summed E-state index contributed by atoms with van der Waals surface area (Å²) in [6.45, 7) is 3.86. The lowest BCUT2D eigenvalue weighted by molar-refractivity contribution is -0.127. The number of hydrogen-bond acceptors (Lipinski definition) is 8. The third kappa shape index (κ3) is 6.54. The van der Waals surface area contributed by atoms with Gasteiger partial charge in [0.2, 0.25) is 5.88 Å². The van der Waals surface area contributed by atoms with Crippen LogP contribution in [0, 0.1) is 6.92 Å². The fraction of sp³-hybridized carbons (Fsp3) is 0.333. The average Bonchev–Trinajstić information content (AvgIpc) is 3.59. The molecule has 1 aromatic carbocycles. The molecule has 1 aliphatic heterocycles. The minimum atomic E-state index is -1.59. The first kappa shape index (κ1) is 28.5. The molecule has 13 heteroatoms. The Bertz CT molecular complexity index is 1410. The largest absolute Gasteiger partial charge is 0.481 e. The van der Waals surface area contributed by atoms with Crippen LogP contribution >= 0.6 is 11.3 Å². The number of aryl methyl sites for hydroxylation is 1. The first-order valence-electron chi connectivity index (χ1n) is 12.5. The Morgan fingerprint density at radius 1 is 1.15 bits per heavy atom. The molecule has 210 valence electrons. The molecule has 0 radical (unpaired) electrons.